The molecular weight excluding hydrogens is 531 g/mol. The lowest BCUT2D eigenvalue weighted by atomic mass is 10.2. The molecule has 1 heterocycles. The Balaban J connectivity index is 1.91. The number of benzene rings is 3. The lowest BCUT2D eigenvalue weighted by Gasteiger charge is -2.13. The number of hydrogen-bond acceptors (Lipinski definition) is 4. The molecular formula is C24H15BrF3N3O2S. The third-order valence-corrected chi connectivity index (χ3v) is 7.17. The predicted octanol–water partition coefficient (Wildman–Crippen LogP) is 6.28. The van der Waals surface area contributed by atoms with Gasteiger partial charge in [0.1, 0.15) is 5.84 Å². The van der Waals surface area contributed by atoms with Crippen LogP contribution in [0.25, 0.3) is 0 Å². The molecule has 1 N–H and O–H groups in total. The van der Waals surface area contributed by atoms with Gasteiger partial charge in [0.05, 0.1) is 10.6 Å². The van der Waals surface area contributed by atoms with E-state index in [1.54, 1.807) is 54.6 Å². The first-order chi connectivity index (χ1) is 16.3. The van der Waals surface area contributed by atoms with Gasteiger partial charge in [0.15, 0.2) is 22.3 Å². The molecule has 10 heteroatoms. The van der Waals surface area contributed by atoms with E-state index in [1.165, 1.54) is 18.2 Å². The second-order valence-corrected chi connectivity index (χ2v) is 9.67. The first-order valence-electron chi connectivity index (χ1n) is 9.79. The minimum absolute atomic E-state index is 0.0352. The van der Waals surface area contributed by atoms with Gasteiger partial charge in [0, 0.05) is 10.0 Å². The molecule has 0 aliphatic rings. The van der Waals surface area contributed by atoms with Crippen molar-refractivity contribution in [3.05, 3.63) is 113 Å². The van der Waals surface area contributed by atoms with Crippen LogP contribution >= 0.6 is 15.9 Å². The van der Waals surface area contributed by atoms with E-state index in [2.05, 4.69) is 31.2 Å². The number of para-hydroxylation sites is 1. The normalized spacial score (nSPS) is 11.9. The topological polar surface area (TPSA) is 71.4 Å². The molecule has 0 aliphatic heterocycles. The Labute approximate surface area is 202 Å². The number of anilines is 1. The first-order valence-corrected chi connectivity index (χ1v) is 12.1. The van der Waals surface area contributed by atoms with E-state index in [0.29, 0.717) is 15.7 Å². The SMILES string of the molecule is O=S(=O)(c1ccccc1)c1c(F)c(F)nc(N=C(Nc2ccccc2Br)c2ccccc2)c1F. The van der Waals surface area contributed by atoms with E-state index in [1.807, 2.05) is 0 Å². The molecule has 4 aromatic rings. The summed E-state index contributed by atoms with van der Waals surface area (Å²) < 4.78 is 70.9. The van der Waals surface area contributed by atoms with Crippen molar-refractivity contribution in [2.45, 2.75) is 9.79 Å². The molecule has 5 nitrogen and oxygen atoms in total. The van der Waals surface area contributed by atoms with Gasteiger partial charge in [-0.2, -0.15) is 9.37 Å². The lowest BCUT2D eigenvalue weighted by Crippen LogP contribution is -2.15. The Kier molecular flexibility index (Phi) is 6.80. The molecule has 1 aromatic heterocycles. The maximum Gasteiger partial charge on any atom is 0.252 e. The summed E-state index contributed by atoms with van der Waals surface area (Å²) in [7, 11) is -4.74. The molecule has 0 saturated carbocycles. The predicted molar refractivity (Wildman–Crippen MR) is 126 cm³/mol. The molecule has 0 bridgehead atoms. The van der Waals surface area contributed by atoms with E-state index >= 15 is 4.39 Å². The lowest BCUT2D eigenvalue weighted by molar-refractivity contribution is 0.434. The van der Waals surface area contributed by atoms with Crippen LogP contribution in [0, 0.1) is 17.6 Å². The number of nitrogens with zero attached hydrogens (tertiary/aromatic N) is 2. The van der Waals surface area contributed by atoms with Crippen LogP contribution in [0.3, 0.4) is 0 Å². The van der Waals surface area contributed by atoms with Crippen molar-refractivity contribution in [2.75, 3.05) is 5.32 Å². The number of aromatic nitrogens is 1. The smallest absolute Gasteiger partial charge is 0.252 e. The van der Waals surface area contributed by atoms with Gasteiger partial charge in [-0.25, -0.2) is 22.2 Å². The Morgan fingerprint density at radius 1 is 0.824 bits per heavy atom. The van der Waals surface area contributed by atoms with Gasteiger partial charge in [-0.05, 0) is 40.2 Å². The molecule has 0 saturated heterocycles. The minimum atomic E-state index is -4.74. The van der Waals surface area contributed by atoms with Crippen molar-refractivity contribution in [2.24, 2.45) is 4.99 Å². The average Bonchev–Trinajstić information content (AvgIpc) is 2.84. The summed E-state index contributed by atoms with van der Waals surface area (Å²) in [6.45, 7) is 0. The van der Waals surface area contributed by atoms with Crippen molar-refractivity contribution in [1.82, 2.24) is 4.98 Å². The highest BCUT2D eigenvalue weighted by Gasteiger charge is 2.32. The summed E-state index contributed by atoms with van der Waals surface area (Å²) in [4.78, 5) is 5.45. The highest BCUT2D eigenvalue weighted by atomic mass is 79.9. The Morgan fingerprint density at radius 2 is 1.41 bits per heavy atom. The average molecular weight is 546 g/mol. The Morgan fingerprint density at radius 3 is 2.06 bits per heavy atom. The zero-order valence-electron chi connectivity index (χ0n) is 17.2. The van der Waals surface area contributed by atoms with Crippen molar-refractivity contribution >= 4 is 43.1 Å². The number of hydrogen-bond donors (Lipinski definition) is 1. The zero-order chi connectivity index (χ0) is 24.3. The Bertz CT molecular complexity index is 1480. The standard InChI is InChI=1S/C24H15BrF3N3O2S/c25-17-13-7-8-14-18(17)29-23(15-9-3-1-4-10-15)31-24-20(27)21(19(26)22(28)30-24)34(32,33)16-11-5-2-6-12-16/h1-14H,(H,29,30,31). The van der Waals surface area contributed by atoms with Crippen LogP contribution in [0.15, 0.2) is 104 Å². The number of pyridine rings is 1. The van der Waals surface area contributed by atoms with Crippen LogP contribution in [0.4, 0.5) is 24.7 Å². The summed E-state index contributed by atoms with van der Waals surface area (Å²) in [5, 5.41) is 2.99. The van der Waals surface area contributed by atoms with Crippen LogP contribution in [0.1, 0.15) is 5.56 Å². The van der Waals surface area contributed by atoms with Gasteiger partial charge in [-0.3, -0.25) is 0 Å². The second kappa shape index (κ2) is 9.78. The fourth-order valence-electron chi connectivity index (χ4n) is 3.07. The molecule has 0 aliphatic carbocycles. The largest absolute Gasteiger partial charge is 0.339 e. The molecule has 0 unspecified atom stereocenters. The summed E-state index contributed by atoms with van der Waals surface area (Å²) in [5.74, 6) is -6.20. The van der Waals surface area contributed by atoms with Crippen LogP contribution in [-0.2, 0) is 9.84 Å². The van der Waals surface area contributed by atoms with Crippen LogP contribution in [0.2, 0.25) is 0 Å². The minimum Gasteiger partial charge on any atom is -0.339 e. The quantitative estimate of drug-likeness (QED) is 0.182. The third kappa shape index (κ3) is 4.73. The van der Waals surface area contributed by atoms with E-state index in [9.17, 15) is 17.2 Å². The Hall–Kier alpha value is -3.50. The molecule has 4 rings (SSSR count). The van der Waals surface area contributed by atoms with Crippen molar-refractivity contribution < 1.29 is 21.6 Å². The first kappa shape index (κ1) is 23.7. The van der Waals surface area contributed by atoms with Gasteiger partial charge in [-0.15, -0.1) is 0 Å². The van der Waals surface area contributed by atoms with E-state index in [0.717, 1.165) is 12.1 Å². The summed E-state index contributed by atoms with van der Waals surface area (Å²) in [6.07, 6.45) is 0. The number of sulfone groups is 1. The van der Waals surface area contributed by atoms with E-state index in [-0.39, 0.29) is 5.84 Å². The molecule has 0 spiro atoms. The highest BCUT2D eigenvalue weighted by Crippen LogP contribution is 2.32. The van der Waals surface area contributed by atoms with Crippen LogP contribution in [-0.4, -0.2) is 19.2 Å². The van der Waals surface area contributed by atoms with Crippen molar-refractivity contribution in [3.8, 4) is 0 Å². The van der Waals surface area contributed by atoms with Crippen LogP contribution < -0.4 is 5.32 Å². The fraction of sp³-hybridized carbons (Fsp3) is 0. The number of halogens is 4. The monoisotopic (exact) mass is 545 g/mol. The number of amidine groups is 1. The molecule has 172 valence electrons. The van der Waals surface area contributed by atoms with E-state index < -0.39 is 43.0 Å². The zero-order valence-corrected chi connectivity index (χ0v) is 19.6. The molecule has 0 atom stereocenters. The summed E-state index contributed by atoms with van der Waals surface area (Å²) in [5.41, 5.74) is 1.02. The van der Waals surface area contributed by atoms with Gasteiger partial charge in [0.2, 0.25) is 9.84 Å². The van der Waals surface area contributed by atoms with Gasteiger partial charge >= 0.3 is 0 Å². The molecule has 0 amide bonds. The second-order valence-electron chi connectivity index (χ2n) is 6.93. The number of nitrogens with one attached hydrogen (secondary N) is 1. The summed E-state index contributed by atoms with van der Waals surface area (Å²) >= 11 is 3.39. The van der Waals surface area contributed by atoms with Gasteiger partial charge < -0.3 is 5.32 Å². The molecule has 0 radical (unpaired) electrons. The molecule has 34 heavy (non-hydrogen) atoms. The van der Waals surface area contributed by atoms with Gasteiger partial charge in [0.25, 0.3) is 5.95 Å². The highest BCUT2D eigenvalue weighted by molar-refractivity contribution is 9.10. The number of rotatable bonds is 5. The van der Waals surface area contributed by atoms with Crippen molar-refractivity contribution in [3.63, 3.8) is 0 Å². The summed E-state index contributed by atoms with van der Waals surface area (Å²) in [6, 6.07) is 22.1. The van der Waals surface area contributed by atoms with Crippen molar-refractivity contribution in [1.29, 1.82) is 0 Å². The van der Waals surface area contributed by atoms with Gasteiger partial charge in [-0.1, -0.05) is 60.7 Å². The molecule has 0 fully saturated rings. The fourth-order valence-corrected chi connectivity index (χ4v) is 4.85. The van der Waals surface area contributed by atoms with Crippen LogP contribution in [0.5, 0.6) is 0 Å². The molecule has 3 aromatic carbocycles. The number of aliphatic imine (C=N–C) groups is 1. The maximum absolute atomic E-state index is 15.4. The third-order valence-electron chi connectivity index (χ3n) is 4.69. The van der Waals surface area contributed by atoms with E-state index in [4.69, 9.17) is 0 Å². The maximum atomic E-state index is 15.4.